The van der Waals surface area contributed by atoms with Crippen molar-refractivity contribution in [3.8, 4) is 17.2 Å². The van der Waals surface area contributed by atoms with Gasteiger partial charge in [0.1, 0.15) is 0 Å². The van der Waals surface area contributed by atoms with Crippen molar-refractivity contribution in [3.05, 3.63) is 59.7 Å². The van der Waals surface area contributed by atoms with Crippen LogP contribution in [0, 0.1) is 11.3 Å². The van der Waals surface area contributed by atoms with E-state index in [9.17, 15) is 0 Å². The molecule has 1 nitrogen and oxygen atoms in total. The van der Waals surface area contributed by atoms with Crippen molar-refractivity contribution in [2.24, 2.45) is 0 Å². The third kappa shape index (κ3) is 4.15. The SMILES string of the molecule is N#Cc1ccc(-c2ccc(CCCCCS)cc2)cc1. The number of benzene rings is 2. The number of thiol groups is 1. The van der Waals surface area contributed by atoms with Gasteiger partial charge in [0, 0.05) is 0 Å². The van der Waals surface area contributed by atoms with Gasteiger partial charge in [-0.25, -0.2) is 0 Å². The first-order valence-corrected chi connectivity index (χ1v) is 7.67. The van der Waals surface area contributed by atoms with Crippen molar-refractivity contribution in [2.45, 2.75) is 25.7 Å². The quantitative estimate of drug-likeness (QED) is 0.593. The second kappa shape index (κ2) is 7.77. The van der Waals surface area contributed by atoms with Gasteiger partial charge in [0.25, 0.3) is 0 Å². The Hall–Kier alpha value is -1.72. The minimum atomic E-state index is 0.703. The van der Waals surface area contributed by atoms with E-state index < -0.39 is 0 Å². The first-order valence-electron chi connectivity index (χ1n) is 7.04. The Labute approximate surface area is 126 Å². The van der Waals surface area contributed by atoms with E-state index in [1.165, 1.54) is 30.4 Å². The third-order valence-corrected chi connectivity index (χ3v) is 3.74. The number of nitriles is 1. The molecular formula is C18H19NS. The molecule has 2 aromatic rings. The Morgan fingerprint density at radius 3 is 1.95 bits per heavy atom. The molecule has 0 heterocycles. The molecule has 0 amide bonds. The molecule has 0 unspecified atom stereocenters. The molecular weight excluding hydrogens is 262 g/mol. The smallest absolute Gasteiger partial charge is 0.0991 e. The van der Waals surface area contributed by atoms with Crippen molar-refractivity contribution in [1.29, 1.82) is 5.26 Å². The number of aryl methyl sites for hydroxylation is 1. The molecule has 2 rings (SSSR count). The molecule has 0 aliphatic carbocycles. The third-order valence-electron chi connectivity index (χ3n) is 3.42. The van der Waals surface area contributed by atoms with Crippen LogP contribution in [0.15, 0.2) is 48.5 Å². The monoisotopic (exact) mass is 281 g/mol. The van der Waals surface area contributed by atoms with Crippen LogP contribution in [0.3, 0.4) is 0 Å². The summed E-state index contributed by atoms with van der Waals surface area (Å²) in [6, 6.07) is 18.6. The number of hydrogen-bond acceptors (Lipinski definition) is 2. The number of rotatable bonds is 6. The van der Waals surface area contributed by atoms with Crippen molar-refractivity contribution < 1.29 is 0 Å². The number of hydrogen-bond donors (Lipinski definition) is 1. The molecule has 0 aromatic heterocycles. The molecule has 0 radical (unpaired) electrons. The second-order valence-corrected chi connectivity index (χ2v) is 5.37. The highest BCUT2D eigenvalue weighted by Crippen LogP contribution is 2.21. The van der Waals surface area contributed by atoms with E-state index in [0.717, 1.165) is 17.7 Å². The molecule has 2 heteroatoms. The van der Waals surface area contributed by atoms with Crippen LogP contribution in [0.2, 0.25) is 0 Å². The molecule has 0 saturated carbocycles. The van der Waals surface area contributed by atoms with Gasteiger partial charge in [-0.1, -0.05) is 42.8 Å². The van der Waals surface area contributed by atoms with Crippen molar-refractivity contribution in [1.82, 2.24) is 0 Å². The van der Waals surface area contributed by atoms with E-state index in [1.807, 2.05) is 24.3 Å². The van der Waals surface area contributed by atoms with E-state index in [-0.39, 0.29) is 0 Å². The maximum Gasteiger partial charge on any atom is 0.0991 e. The zero-order valence-corrected chi connectivity index (χ0v) is 12.4. The maximum atomic E-state index is 8.80. The largest absolute Gasteiger partial charge is 0.192 e. The molecule has 0 atom stereocenters. The molecule has 0 saturated heterocycles. The summed E-state index contributed by atoms with van der Waals surface area (Å²) in [5.41, 5.74) is 4.45. The highest BCUT2D eigenvalue weighted by molar-refractivity contribution is 7.80. The van der Waals surface area contributed by atoms with Gasteiger partial charge in [0.2, 0.25) is 0 Å². The maximum absolute atomic E-state index is 8.80. The van der Waals surface area contributed by atoms with Gasteiger partial charge in [0.05, 0.1) is 11.6 Å². The topological polar surface area (TPSA) is 23.8 Å². The van der Waals surface area contributed by atoms with Crippen LogP contribution >= 0.6 is 12.6 Å². The van der Waals surface area contributed by atoms with Gasteiger partial charge in [-0.15, -0.1) is 0 Å². The molecule has 0 spiro atoms. The van der Waals surface area contributed by atoms with Gasteiger partial charge in [-0.05, 0) is 53.8 Å². The van der Waals surface area contributed by atoms with Crippen LogP contribution in [0.1, 0.15) is 30.4 Å². The average Bonchev–Trinajstić information content (AvgIpc) is 2.52. The Morgan fingerprint density at radius 2 is 1.40 bits per heavy atom. The van der Waals surface area contributed by atoms with Crippen LogP contribution in [0.25, 0.3) is 11.1 Å². The lowest BCUT2D eigenvalue weighted by molar-refractivity contribution is 0.723. The zero-order valence-electron chi connectivity index (χ0n) is 11.5. The average molecular weight is 281 g/mol. The fraction of sp³-hybridized carbons (Fsp3) is 0.278. The first-order chi connectivity index (χ1) is 9.83. The molecule has 0 bridgehead atoms. The number of unbranched alkanes of at least 4 members (excludes halogenated alkanes) is 2. The molecule has 0 aliphatic rings. The summed E-state index contributed by atoms with van der Waals surface area (Å²) in [5, 5.41) is 8.80. The predicted octanol–water partition coefficient (Wildman–Crippen LogP) is 4.87. The normalized spacial score (nSPS) is 10.2. The predicted molar refractivity (Wildman–Crippen MR) is 88.0 cm³/mol. The number of nitrogens with zero attached hydrogens (tertiary/aromatic N) is 1. The van der Waals surface area contributed by atoms with Crippen molar-refractivity contribution in [2.75, 3.05) is 5.75 Å². The minimum Gasteiger partial charge on any atom is -0.192 e. The van der Waals surface area contributed by atoms with E-state index in [1.54, 1.807) is 0 Å². The molecule has 0 aliphatic heterocycles. The summed E-state index contributed by atoms with van der Waals surface area (Å²) in [6.07, 6.45) is 4.82. The Kier molecular flexibility index (Phi) is 5.70. The molecule has 0 N–H and O–H groups in total. The van der Waals surface area contributed by atoms with E-state index >= 15 is 0 Å². The lowest BCUT2D eigenvalue weighted by Gasteiger charge is -2.05. The minimum absolute atomic E-state index is 0.703. The Balaban J connectivity index is 1.98. The second-order valence-electron chi connectivity index (χ2n) is 4.92. The highest BCUT2D eigenvalue weighted by Gasteiger charge is 1.99. The summed E-state index contributed by atoms with van der Waals surface area (Å²) in [7, 11) is 0. The molecule has 2 aromatic carbocycles. The van der Waals surface area contributed by atoms with E-state index in [0.29, 0.717) is 5.56 Å². The zero-order chi connectivity index (χ0) is 14.2. The molecule has 102 valence electrons. The summed E-state index contributed by atoms with van der Waals surface area (Å²) >= 11 is 4.23. The standard InChI is InChI=1S/C18H19NS/c19-14-16-7-11-18(12-8-16)17-9-5-15(6-10-17)4-2-1-3-13-20/h5-12,20H,1-4,13H2. The van der Waals surface area contributed by atoms with Gasteiger partial charge < -0.3 is 0 Å². The van der Waals surface area contributed by atoms with Gasteiger partial charge in [-0.3, -0.25) is 0 Å². The summed E-state index contributed by atoms with van der Waals surface area (Å²) in [4.78, 5) is 0. The van der Waals surface area contributed by atoms with Crippen LogP contribution < -0.4 is 0 Å². The van der Waals surface area contributed by atoms with Gasteiger partial charge in [0.15, 0.2) is 0 Å². The van der Waals surface area contributed by atoms with Crippen LogP contribution in [0.5, 0.6) is 0 Å². The van der Waals surface area contributed by atoms with Crippen LogP contribution in [-0.2, 0) is 6.42 Å². The van der Waals surface area contributed by atoms with Crippen molar-refractivity contribution in [3.63, 3.8) is 0 Å². The van der Waals surface area contributed by atoms with Gasteiger partial charge >= 0.3 is 0 Å². The Morgan fingerprint density at radius 1 is 0.800 bits per heavy atom. The summed E-state index contributed by atoms with van der Waals surface area (Å²) in [6.45, 7) is 0. The molecule has 0 fully saturated rings. The Bertz CT molecular complexity index is 564. The van der Waals surface area contributed by atoms with Crippen LogP contribution in [-0.4, -0.2) is 5.75 Å². The summed E-state index contributed by atoms with van der Waals surface area (Å²) in [5.74, 6) is 0.984. The fourth-order valence-electron chi connectivity index (χ4n) is 2.22. The first kappa shape index (κ1) is 14.7. The summed E-state index contributed by atoms with van der Waals surface area (Å²) < 4.78 is 0. The lowest BCUT2D eigenvalue weighted by atomic mass is 10.0. The lowest BCUT2D eigenvalue weighted by Crippen LogP contribution is -1.87. The highest BCUT2D eigenvalue weighted by atomic mass is 32.1. The fourth-order valence-corrected chi connectivity index (χ4v) is 2.44. The van der Waals surface area contributed by atoms with E-state index in [4.69, 9.17) is 5.26 Å². The molecule has 20 heavy (non-hydrogen) atoms. The van der Waals surface area contributed by atoms with Gasteiger partial charge in [-0.2, -0.15) is 17.9 Å². The van der Waals surface area contributed by atoms with E-state index in [2.05, 4.69) is 43.0 Å². The van der Waals surface area contributed by atoms with Crippen LogP contribution in [0.4, 0.5) is 0 Å². The van der Waals surface area contributed by atoms with Crippen molar-refractivity contribution >= 4 is 12.6 Å².